The Morgan fingerprint density at radius 3 is 2.88 bits per heavy atom. The highest BCUT2D eigenvalue weighted by Crippen LogP contribution is 1.68. The van der Waals surface area contributed by atoms with Gasteiger partial charge in [0.15, 0.2) is 0 Å². The summed E-state index contributed by atoms with van der Waals surface area (Å²) < 4.78 is 0. The topological polar surface area (TPSA) is 58.6 Å². The molecule has 0 aromatic carbocycles. The van der Waals surface area contributed by atoms with Crippen LogP contribution in [0.5, 0.6) is 0 Å². The highest BCUT2D eigenvalue weighted by Gasteiger charge is 1.87. The van der Waals surface area contributed by atoms with Crippen molar-refractivity contribution in [2.24, 2.45) is 0 Å². The third kappa shape index (κ3) is 0.726. The van der Waals surface area contributed by atoms with Crippen LogP contribution in [0.1, 0.15) is 5.69 Å². The summed E-state index contributed by atoms with van der Waals surface area (Å²) in [5.41, 5.74) is 0.309. The Morgan fingerprint density at radius 2 is 2.50 bits per heavy atom. The Morgan fingerprint density at radius 1 is 1.75 bits per heavy atom. The van der Waals surface area contributed by atoms with Gasteiger partial charge in [0.1, 0.15) is 5.69 Å². The van der Waals surface area contributed by atoms with Crippen molar-refractivity contribution >= 4 is 0 Å². The van der Waals surface area contributed by atoms with E-state index in [2.05, 4.69) is 15.4 Å². The Hall–Kier alpha value is -1.19. The van der Waals surface area contributed by atoms with Gasteiger partial charge in [-0.3, -0.25) is 4.79 Å². The van der Waals surface area contributed by atoms with E-state index < -0.39 is 0 Å². The van der Waals surface area contributed by atoms with Crippen molar-refractivity contribution in [2.75, 3.05) is 0 Å². The molecule has 1 heterocycles. The third-order valence-electron chi connectivity index (χ3n) is 0.814. The first-order valence-electron chi connectivity index (χ1n) is 2.17. The molecule has 0 saturated heterocycles. The molecule has 0 unspecified atom stereocenters. The maximum absolute atomic E-state index is 10.5. The Labute approximate surface area is 45.6 Å². The van der Waals surface area contributed by atoms with Gasteiger partial charge >= 0.3 is 0 Å². The fraction of sp³-hybridized carbons (Fsp3) is 0.250. The van der Waals surface area contributed by atoms with Gasteiger partial charge in [0.25, 0.3) is 0 Å². The molecule has 0 fully saturated rings. The van der Waals surface area contributed by atoms with Crippen LogP contribution in [0.25, 0.3) is 0 Å². The zero-order valence-electron chi connectivity index (χ0n) is 4.38. The van der Waals surface area contributed by atoms with Crippen LogP contribution in [-0.4, -0.2) is 15.4 Å². The predicted octanol–water partition coefficient (Wildman–Crippen LogP) is -0.527. The first kappa shape index (κ1) is 4.96. The smallest absolute Gasteiger partial charge is 0.221 e. The number of aromatic nitrogens is 3. The van der Waals surface area contributed by atoms with Gasteiger partial charge in [-0.05, 0) is 6.92 Å². The third-order valence-corrected chi connectivity index (χ3v) is 0.814. The largest absolute Gasteiger partial charge is 0.286 e. The van der Waals surface area contributed by atoms with Crippen LogP contribution in [0.3, 0.4) is 0 Å². The van der Waals surface area contributed by atoms with E-state index >= 15 is 0 Å². The van der Waals surface area contributed by atoms with Crippen molar-refractivity contribution in [3.63, 3.8) is 0 Å². The van der Waals surface area contributed by atoms with Crippen LogP contribution in [0.2, 0.25) is 0 Å². The van der Waals surface area contributed by atoms with Crippen molar-refractivity contribution in [2.45, 2.75) is 6.92 Å². The van der Waals surface area contributed by atoms with Crippen molar-refractivity contribution in [1.29, 1.82) is 0 Å². The van der Waals surface area contributed by atoms with E-state index in [1.54, 1.807) is 6.92 Å². The Kier molecular flexibility index (Phi) is 1.07. The summed E-state index contributed by atoms with van der Waals surface area (Å²) in [4.78, 5) is 10.5. The molecule has 4 heteroatoms. The van der Waals surface area contributed by atoms with Gasteiger partial charge in [0.2, 0.25) is 5.43 Å². The number of aromatic amines is 1. The standard InChI is InChI=1S/C4H5N3O/c1-3-4(8)2-5-7-6-3/h2H,1H3,(H,7,8). The summed E-state index contributed by atoms with van der Waals surface area (Å²) in [7, 11) is 0. The molecule has 1 aromatic heterocycles. The summed E-state index contributed by atoms with van der Waals surface area (Å²) >= 11 is 0. The predicted molar refractivity (Wildman–Crippen MR) is 27.4 cm³/mol. The van der Waals surface area contributed by atoms with Gasteiger partial charge in [-0.15, -0.1) is 0 Å². The van der Waals surface area contributed by atoms with E-state index in [9.17, 15) is 4.79 Å². The number of rotatable bonds is 0. The summed E-state index contributed by atoms with van der Waals surface area (Å²) in [6.07, 6.45) is 1.20. The van der Waals surface area contributed by atoms with Gasteiger partial charge in [-0.1, -0.05) is 0 Å². The second-order valence-electron chi connectivity index (χ2n) is 1.42. The maximum atomic E-state index is 10.5. The van der Waals surface area contributed by atoms with Gasteiger partial charge in [0.05, 0.1) is 6.20 Å². The first-order valence-corrected chi connectivity index (χ1v) is 2.17. The molecule has 42 valence electrons. The minimum atomic E-state index is -0.135. The molecule has 0 atom stereocenters. The lowest BCUT2D eigenvalue weighted by Crippen LogP contribution is -2.08. The number of nitrogens with one attached hydrogen (secondary N) is 1. The summed E-state index contributed by atoms with van der Waals surface area (Å²) in [5.74, 6) is 0. The molecule has 0 radical (unpaired) electrons. The van der Waals surface area contributed by atoms with Gasteiger partial charge in [0, 0.05) is 0 Å². The fourth-order valence-corrected chi connectivity index (χ4v) is 0.340. The number of hydrogen-bond donors (Lipinski definition) is 1. The van der Waals surface area contributed by atoms with Gasteiger partial charge in [-0.25, -0.2) is 0 Å². The highest BCUT2D eigenvalue weighted by atomic mass is 16.1. The average molecular weight is 111 g/mol. The summed E-state index contributed by atoms with van der Waals surface area (Å²) in [5, 5.41) is 9.23. The Balaban J connectivity index is 3.35. The quantitative estimate of drug-likeness (QED) is 0.489. The lowest BCUT2D eigenvalue weighted by atomic mass is 10.5. The van der Waals surface area contributed by atoms with Crippen molar-refractivity contribution in [3.05, 3.63) is 22.1 Å². The van der Waals surface area contributed by atoms with Crippen LogP contribution in [-0.2, 0) is 0 Å². The molecule has 0 saturated carbocycles. The minimum Gasteiger partial charge on any atom is -0.286 e. The molecular formula is C4H5N3O. The van der Waals surface area contributed by atoms with Crippen LogP contribution in [0, 0.1) is 6.92 Å². The van der Waals surface area contributed by atoms with Crippen LogP contribution < -0.4 is 5.43 Å². The second-order valence-corrected chi connectivity index (χ2v) is 1.42. The number of nitrogens with zero attached hydrogens (tertiary/aromatic N) is 2. The van der Waals surface area contributed by atoms with Crippen molar-refractivity contribution in [1.82, 2.24) is 15.4 Å². The monoisotopic (exact) mass is 111 g/mol. The van der Waals surface area contributed by atoms with E-state index in [-0.39, 0.29) is 5.43 Å². The summed E-state index contributed by atoms with van der Waals surface area (Å²) in [6.45, 7) is 1.63. The molecule has 0 aliphatic rings. The molecule has 1 N–H and O–H groups in total. The fourth-order valence-electron chi connectivity index (χ4n) is 0.340. The van der Waals surface area contributed by atoms with E-state index in [0.717, 1.165) is 0 Å². The second kappa shape index (κ2) is 1.73. The van der Waals surface area contributed by atoms with E-state index in [1.807, 2.05) is 0 Å². The molecule has 0 spiro atoms. The van der Waals surface area contributed by atoms with Crippen LogP contribution in [0.15, 0.2) is 11.0 Å². The van der Waals surface area contributed by atoms with Crippen LogP contribution in [0.4, 0.5) is 0 Å². The SMILES string of the molecule is Cc1n[nH]ncc1=O. The molecule has 1 rings (SSSR count). The number of aryl methyl sites for hydroxylation is 1. The average Bonchev–Trinajstić information content (AvgIpc) is 1.77. The molecule has 8 heavy (non-hydrogen) atoms. The van der Waals surface area contributed by atoms with E-state index in [4.69, 9.17) is 0 Å². The summed E-state index contributed by atoms with van der Waals surface area (Å²) in [6, 6.07) is 0. The van der Waals surface area contributed by atoms with E-state index in [1.165, 1.54) is 6.20 Å². The maximum Gasteiger partial charge on any atom is 0.221 e. The van der Waals surface area contributed by atoms with Gasteiger partial charge < -0.3 is 0 Å². The molecule has 0 bridgehead atoms. The normalized spacial score (nSPS) is 9.12. The molecule has 1 aromatic rings. The molecule has 0 aliphatic heterocycles. The molecular weight excluding hydrogens is 106 g/mol. The number of H-pyrrole nitrogens is 1. The molecule has 0 amide bonds. The van der Waals surface area contributed by atoms with Crippen molar-refractivity contribution in [3.8, 4) is 0 Å². The lowest BCUT2D eigenvalue weighted by molar-refractivity contribution is 0.826. The van der Waals surface area contributed by atoms with E-state index in [0.29, 0.717) is 5.69 Å². The molecule has 0 aliphatic carbocycles. The molecule has 4 nitrogen and oxygen atoms in total. The lowest BCUT2D eigenvalue weighted by Gasteiger charge is -1.81. The van der Waals surface area contributed by atoms with Gasteiger partial charge in [-0.2, -0.15) is 15.4 Å². The first-order chi connectivity index (χ1) is 3.80. The zero-order chi connectivity index (χ0) is 5.98. The Bertz CT molecular complexity index is 229. The zero-order valence-corrected chi connectivity index (χ0v) is 4.38. The van der Waals surface area contributed by atoms with Crippen LogP contribution >= 0.6 is 0 Å². The number of hydrogen-bond acceptors (Lipinski definition) is 3. The van der Waals surface area contributed by atoms with Crippen molar-refractivity contribution < 1.29 is 0 Å². The minimum absolute atomic E-state index is 0.135. The highest BCUT2D eigenvalue weighted by molar-refractivity contribution is 4.91.